The Morgan fingerprint density at radius 2 is 1.83 bits per heavy atom. The van der Waals surface area contributed by atoms with Crippen LogP contribution in [0.2, 0.25) is 0 Å². The molecule has 0 saturated carbocycles. The zero-order valence-electron chi connectivity index (χ0n) is 14.9. The molecule has 2 amide bonds. The molecule has 1 unspecified atom stereocenters. The molecule has 0 radical (unpaired) electrons. The molecular formula is C18H25IN2O3. The molecule has 1 aliphatic rings. The second-order valence-electron chi connectivity index (χ2n) is 7.24. The Kier molecular flexibility index (Phi) is 5.78. The number of aryl methyl sites for hydroxylation is 2. The van der Waals surface area contributed by atoms with Gasteiger partial charge in [0.15, 0.2) is 0 Å². The fourth-order valence-electron chi connectivity index (χ4n) is 2.89. The summed E-state index contributed by atoms with van der Waals surface area (Å²) in [5, 5.41) is 3.00. The number of carbonyl (C=O) groups is 2. The predicted octanol–water partition coefficient (Wildman–Crippen LogP) is 4.25. The van der Waals surface area contributed by atoms with Crippen LogP contribution in [0.4, 0.5) is 10.5 Å². The number of hydrogen-bond donors (Lipinski definition) is 1. The standard InChI is InChI=1S/C18H25IN2O3/c1-11-9-13(19)10-12(2)15(11)20-16(22)14-7-6-8-21(14)17(23)24-18(3,4)5/h9-10,14H,6-8H2,1-5H3,(H,20,22). The van der Waals surface area contributed by atoms with E-state index in [9.17, 15) is 9.59 Å². The van der Waals surface area contributed by atoms with Crippen LogP contribution in [0, 0.1) is 17.4 Å². The van der Waals surface area contributed by atoms with Crippen LogP contribution in [0.15, 0.2) is 12.1 Å². The highest BCUT2D eigenvalue weighted by molar-refractivity contribution is 14.1. The van der Waals surface area contributed by atoms with Crippen LogP contribution in [0.1, 0.15) is 44.7 Å². The van der Waals surface area contributed by atoms with Crippen molar-refractivity contribution in [3.63, 3.8) is 0 Å². The van der Waals surface area contributed by atoms with Crippen LogP contribution in [0.25, 0.3) is 0 Å². The zero-order chi connectivity index (χ0) is 18.1. The van der Waals surface area contributed by atoms with Gasteiger partial charge in [-0.2, -0.15) is 0 Å². The van der Waals surface area contributed by atoms with E-state index in [-0.39, 0.29) is 5.91 Å². The van der Waals surface area contributed by atoms with Gasteiger partial charge in [-0.1, -0.05) is 0 Å². The second kappa shape index (κ2) is 7.29. The third kappa shape index (κ3) is 4.62. The Hall–Kier alpha value is -1.31. The molecule has 0 bridgehead atoms. The third-order valence-electron chi connectivity index (χ3n) is 3.93. The van der Waals surface area contributed by atoms with E-state index in [4.69, 9.17) is 4.74 Å². The molecule has 0 aromatic heterocycles. The fourth-order valence-corrected chi connectivity index (χ4v) is 3.83. The Morgan fingerprint density at radius 1 is 1.25 bits per heavy atom. The minimum atomic E-state index is -0.565. The molecule has 0 aliphatic carbocycles. The van der Waals surface area contributed by atoms with Gasteiger partial charge in [-0.15, -0.1) is 0 Å². The first kappa shape index (κ1) is 19.0. The zero-order valence-corrected chi connectivity index (χ0v) is 17.1. The summed E-state index contributed by atoms with van der Waals surface area (Å²) in [5.41, 5.74) is 2.31. The summed E-state index contributed by atoms with van der Waals surface area (Å²) < 4.78 is 6.56. The van der Waals surface area contributed by atoms with E-state index < -0.39 is 17.7 Å². The van der Waals surface area contributed by atoms with Gasteiger partial charge in [-0.05, 0) is 93.3 Å². The van der Waals surface area contributed by atoms with E-state index in [0.29, 0.717) is 13.0 Å². The number of amides is 2. The van der Waals surface area contributed by atoms with Gasteiger partial charge < -0.3 is 10.1 Å². The number of benzene rings is 1. The van der Waals surface area contributed by atoms with E-state index in [2.05, 4.69) is 27.9 Å². The van der Waals surface area contributed by atoms with Gasteiger partial charge in [0.25, 0.3) is 0 Å². The molecule has 6 heteroatoms. The number of nitrogens with one attached hydrogen (secondary N) is 1. The summed E-state index contributed by atoms with van der Waals surface area (Å²) in [4.78, 5) is 26.6. The lowest BCUT2D eigenvalue weighted by molar-refractivity contribution is -0.120. The van der Waals surface area contributed by atoms with Crippen molar-refractivity contribution in [3.05, 3.63) is 26.8 Å². The second-order valence-corrected chi connectivity index (χ2v) is 8.48. The normalized spacial score (nSPS) is 17.8. The van der Waals surface area contributed by atoms with E-state index in [1.54, 1.807) is 0 Å². The average Bonchev–Trinajstić information content (AvgIpc) is 2.90. The maximum atomic E-state index is 12.7. The Bertz CT molecular complexity index is 629. The van der Waals surface area contributed by atoms with Crippen LogP contribution in [0.5, 0.6) is 0 Å². The van der Waals surface area contributed by atoms with E-state index in [1.807, 2.05) is 46.8 Å². The molecule has 1 aromatic carbocycles. The van der Waals surface area contributed by atoms with Gasteiger partial charge in [0.1, 0.15) is 11.6 Å². The molecule has 1 aliphatic heterocycles. The fraction of sp³-hybridized carbons (Fsp3) is 0.556. The van der Waals surface area contributed by atoms with Crippen molar-refractivity contribution in [2.75, 3.05) is 11.9 Å². The minimum Gasteiger partial charge on any atom is -0.444 e. The van der Waals surface area contributed by atoms with Crippen molar-refractivity contribution in [1.82, 2.24) is 4.90 Å². The number of hydrogen-bond acceptors (Lipinski definition) is 3. The highest BCUT2D eigenvalue weighted by Crippen LogP contribution is 2.26. The van der Waals surface area contributed by atoms with Gasteiger partial charge in [0, 0.05) is 15.8 Å². The number of anilines is 1. The lowest BCUT2D eigenvalue weighted by Crippen LogP contribution is -2.45. The van der Waals surface area contributed by atoms with Crippen molar-refractivity contribution >= 4 is 40.3 Å². The van der Waals surface area contributed by atoms with Gasteiger partial charge in [-0.3, -0.25) is 9.69 Å². The van der Waals surface area contributed by atoms with Crippen molar-refractivity contribution in [1.29, 1.82) is 0 Å². The highest BCUT2D eigenvalue weighted by Gasteiger charge is 2.36. The topological polar surface area (TPSA) is 58.6 Å². The van der Waals surface area contributed by atoms with Crippen LogP contribution in [-0.2, 0) is 9.53 Å². The van der Waals surface area contributed by atoms with Crippen LogP contribution < -0.4 is 5.32 Å². The molecule has 0 spiro atoms. The average molecular weight is 444 g/mol. The van der Waals surface area contributed by atoms with Crippen molar-refractivity contribution in [3.8, 4) is 0 Å². The molecule has 1 heterocycles. The first-order valence-corrected chi connectivity index (χ1v) is 9.23. The molecule has 1 aromatic rings. The van der Waals surface area contributed by atoms with E-state index >= 15 is 0 Å². The largest absolute Gasteiger partial charge is 0.444 e. The van der Waals surface area contributed by atoms with E-state index in [1.165, 1.54) is 4.90 Å². The summed E-state index contributed by atoms with van der Waals surface area (Å²) in [7, 11) is 0. The number of likely N-dealkylation sites (tertiary alicyclic amines) is 1. The number of halogens is 1. The number of rotatable bonds is 2. The van der Waals surface area contributed by atoms with E-state index in [0.717, 1.165) is 26.8 Å². The predicted molar refractivity (Wildman–Crippen MR) is 103 cm³/mol. The minimum absolute atomic E-state index is 0.147. The first-order chi connectivity index (χ1) is 11.1. The molecule has 1 fully saturated rings. The Labute approximate surface area is 157 Å². The molecule has 24 heavy (non-hydrogen) atoms. The smallest absolute Gasteiger partial charge is 0.410 e. The Morgan fingerprint density at radius 3 is 2.38 bits per heavy atom. The number of carbonyl (C=O) groups excluding carboxylic acids is 2. The lowest BCUT2D eigenvalue weighted by atomic mass is 10.1. The maximum absolute atomic E-state index is 12.7. The number of nitrogens with zero attached hydrogens (tertiary/aromatic N) is 1. The van der Waals surface area contributed by atoms with Crippen molar-refractivity contribution < 1.29 is 14.3 Å². The molecule has 1 N–H and O–H groups in total. The molecular weight excluding hydrogens is 419 g/mol. The van der Waals surface area contributed by atoms with Crippen molar-refractivity contribution in [2.24, 2.45) is 0 Å². The quantitative estimate of drug-likeness (QED) is 0.695. The van der Waals surface area contributed by atoms with Gasteiger partial charge in [-0.25, -0.2) is 4.79 Å². The van der Waals surface area contributed by atoms with Gasteiger partial charge in [0.2, 0.25) is 5.91 Å². The monoisotopic (exact) mass is 444 g/mol. The lowest BCUT2D eigenvalue weighted by Gasteiger charge is -2.28. The molecule has 1 atom stereocenters. The summed E-state index contributed by atoms with van der Waals surface area (Å²) >= 11 is 2.26. The summed E-state index contributed by atoms with van der Waals surface area (Å²) in [6.07, 6.45) is 1.05. The highest BCUT2D eigenvalue weighted by atomic mass is 127. The molecule has 132 valence electrons. The number of ether oxygens (including phenoxy) is 1. The van der Waals surface area contributed by atoms with Crippen LogP contribution in [-0.4, -0.2) is 35.1 Å². The molecule has 5 nitrogen and oxygen atoms in total. The molecule has 2 rings (SSSR count). The third-order valence-corrected chi connectivity index (χ3v) is 4.55. The Balaban J connectivity index is 2.13. The van der Waals surface area contributed by atoms with Crippen LogP contribution in [0.3, 0.4) is 0 Å². The summed E-state index contributed by atoms with van der Waals surface area (Å²) in [6, 6.07) is 3.59. The van der Waals surface area contributed by atoms with Crippen molar-refractivity contribution in [2.45, 2.75) is 59.1 Å². The van der Waals surface area contributed by atoms with Gasteiger partial charge in [0.05, 0.1) is 0 Å². The van der Waals surface area contributed by atoms with Gasteiger partial charge >= 0.3 is 6.09 Å². The summed E-state index contributed by atoms with van der Waals surface area (Å²) in [6.45, 7) is 9.99. The van der Waals surface area contributed by atoms with Crippen LogP contribution >= 0.6 is 22.6 Å². The summed E-state index contributed by atoms with van der Waals surface area (Å²) in [5.74, 6) is -0.147. The SMILES string of the molecule is Cc1cc(I)cc(C)c1NC(=O)C1CCCN1C(=O)OC(C)(C)C. The molecule has 1 saturated heterocycles. The maximum Gasteiger partial charge on any atom is 0.410 e. The first-order valence-electron chi connectivity index (χ1n) is 8.16.